The van der Waals surface area contributed by atoms with Crippen LogP contribution in [0.2, 0.25) is 0 Å². The number of phenols is 1. The van der Waals surface area contributed by atoms with Crippen LogP contribution >= 0.6 is 0 Å². The Kier molecular flexibility index (Phi) is 4.29. The van der Waals surface area contributed by atoms with E-state index in [4.69, 9.17) is 0 Å². The number of aromatic hydroxyl groups is 1. The number of hydrogen-bond donors (Lipinski definition) is 1. The summed E-state index contributed by atoms with van der Waals surface area (Å²) in [4.78, 5) is 4.19. The van der Waals surface area contributed by atoms with Crippen molar-refractivity contribution in [2.45, 2.75) is 19.1 Å². The van der Waals surface area contributed by atoms with Crippen molar-refractivity contribution in [3.05, 3.63) is 83.4 Å². The molecule has 3 nitrogen and oxygen atoms in total. The smallest absolute Gasteiger partial charge is 0.416 e. The Balaban J connectivity index is 1.87. The van der Waals surface area contributed by atoms with Crippen molar-refractivity contribution in [2.24, 2.45) is 0 Å². The molecule has 0 amide bonds. The molecule has 0 aliphatic rings. The largest absolute Gasteiger partial charge is 0.508 e. The second-order valence-corrected chi connectivity index (χ2v) is 5.47. The standard InChI is InChI=1S/C18H15F3N2O/c19-18(20,21)16-7-2-1-5-14(16)11-17-22-8-9-23(17)12-13-4-3-6-15(24)10-13/h1-10,24H,11-12H2. The molecule has 1 aromatic heterocycles. The second kappa shape index (κ2) is 6.39. The zero-order valence-corrected chi connectivity index (χ0v) is 12.7. The van der Waals surface area contributed by atoms with E-state index in [1.54, 1.807) is 41.2 Å². The molecular weight excluding hydrogens is 317 g/mol. The Morgan fingerprint density at radius 3 is 2.58 bits per heavy atom. The van der Waals surface area contributed by atoms with E-state index in [0.717, 1.165) is 11.6 Å². The van der Waals surface area contributed by atoms with Gasteiger partial charge in [0.2, 0.25) is 0 Å². The van der Waals surface area contributed by atoms with Gasteiger partial charge in [-0.1, -0.05) is 30.3 Å². The lowest BCUT2D eigenvalue weighted by Crippen LogP contribution is -2.11. The second-order valence-electron chi connectivity index (χ2n) is 5.47. The van der Waals surface area contributed by atoms with E-state index >= 15 is 0 Å². The third kappa shape index (κ3) is 3.59. The third-order valence-electron chi connectivity index (χ3n) is 3.74. The summed E-state index contributed by atoms with van der Waals surface area (Å²) in [5.41, 5.74) is 0.392. The molecule has 1 heterocycles. The minimum absolute atomic E-state index is 0.0848. The lowest BCUT2D eigenvalue weighted by molar-refractivity contribution is -0.138. The maximum atomic E-state index is 13.1. The summed E-state index contributed by atoms with van der Waals surface area (Å²) >= 11 is 0. The first-order valence-electron chi connectivity index (χ1n) is 7.36. The summed E-state index contributed by atoms with van der Waals surface area (Å²) in [7, 11) is 0. The molecule has 0 radical (unpaired) electrons. The van der Waals surface area contributed by atoms with Crippen LogP contribution in [-0.4, -0.2) is 14.7 Å². The van der Waals surface area contributed by atoms with Gasteiger partial charge in [0.15, 0.2) is 0 Å². The summed E-state index contributed by atoms with van der Waals surface area (Å²) in [6.07, 6.45) is -1.02. The predicted octanol–water partition coefficient (Wildman–Crippen LogP) is 4.25. The average Bonchev–Trinajstić information content (AvgIpc) is 2.94. The maximum Gasteiger partial charge on any atom is 0.416 e. The number of nitrogens with zero attached hydrogens (tertiary/aromatic N) is 2. The van der Waals surface area contributed by atoms with E-state index in [1.165, 1.54) is 12.1 Å². The SMILES string of the molecule is Oc1cccc(Cn2ccnc2Cc2ccccc2C(F)(F)F)c1. The Labute approximate surface area is 137 Å². The van der Waals surface area contributed by atoms with Crippen LogP contribution in [0, 0.1) is 0 Å². The van der Waals surface area contributed by atoms with Crippen molar-refractivity contribution >= 4 is 0 Å². The van der Waals surface area contributed by atoms with Crippen LogP contribution in [0.1, 0.15) is 22.5 Å². The van der Waals surface area contributed by atoms with Crippen LogP contribution in [0.25, 0.3) is 0 Å². The number of hydrogen-bond acceptors (Lipinski definition) is 2. The van der Waals surface area contributed by atoms with Crippen molar-refractivity contribution < 1.29 is 18.3 Å². The molecule has 0 spiro atoms. The Morgan fingerprint density at radius 2 is 1.83 bits per heavy atom. The lowest BCUT2D eigenvalue weighted by atomic mass is 10.0. The minimum atomic E-state index is -4.39. The summed E-state index contributed by atoms with van der Waals surface area (Å²) in [5, 5.41) is 9.52. The van der Waals surface area contributed by atoms with Crippen molar-refractivity contribution in [3.8, 4) is 5.75 Å². The van der Waals surface area contributed by atoms with Crippen molar-refractivity contribution in [1.29, 1.82) is 0 Å². The van der Waals surface area contributed by atoms with Gasteiger partial charge in [-0.3, -0.25) is 0 Å². The molecule has 0 bridgehead atoms. The van der Waals surface area contributed by atoms with E-state index in [-0.39, 0.29) is 17.7 Å². The van der Waals surface area contributed by atoms with Gasteiger partial charge in [-0.2, -0.15) is 13.2 Å². The first-order chi connectivity index (χ1) is 11.4. The molecule has 124 valence electrons. The van der Waals surface area contributed by atoms with Gasteiger partial charge in [0.05, 0.1) is 5.56 Å². The van der Waals surface area contributed by atoms with Crippen molar-refractivity contribution in [3.63, 3.8) is 0 Å². The number of imidazole rings is 1. The molecule has 0 saturated carbocycles. The highest BCUT2D eigenvalue weighted by molar-refractivity contribution is 5.32. The number of aromatic nitrogens is 2. The Bertz CT molecular complexity index is 840. The van der Waals surface area contributed by atoms with Gasteiger partial charge in [0, 0.05) is 25.4 Å². The van der Waals surface area contributed by atoms with Gasteiger partial charge in [0.25, 0.3) is 0 Å². The van der Waals surface area contributed by atoms with Crippen LogP contribution in [0.4, 0.5) is 13.2 Å². The van der Waals surface area contributed by atoms with E-state index in [0.29, 0.717) is 12.4 Å². The van der Waals surface area contributed by atoms with Crippen LogP contribution in [0.15, 0.2) is 60.9 Å². The molecule has 2 aromatic carbocycles. The molecular formula is C18H15F3N2O. The molecule has 0 fully saturated rings. The van der Waals surface area contributed by atoms with Crippen LogP contribution in [0.5, 0.6) is 5.75 Å². The molecule has 0 aliphatic carbocycles. The van der Waals surface area contributed by atoms with E-state index in [2.05, 4.69) is 4.98 Å². The zero-order valence-electron chi connectivity index (χ0n) is 12.7. The number of alkyl halides is 3. The lowest BCUT2D eigenvalue weighted by Gasteiger charge is -2.13. The molecule has 24 heavy (non-hydrogen) atoms. The van der Waals surface area contributed by atoms with Crippen LogP contribution in [0.3, 0.4) is 0 Å². The summed E-state index contributed by atoms with van der Waals surface area (Å²) in [6.45, 7) is 0.428. The van der Waals surface area contributed by atoms with Crippen LogP contribution < -0.4 is 0 Å². The quantitative estimate of drug-likeness (QED) is 0.776. The third-order valence-corrected chi connectivity index (χ3v) is 3.74. The number of halogens is 3. The number of rotatable bonds is 4. The first-order valence-corrected chi connectivity index (χ1v) is 7.36. The predicted molar refractivity (Wildman–Crippen MR) is 83.7 cm³/mol. The number of benzene rings is 2. The van der Waals surface area contributed by atoms with Gasteiger partial charge >= 0.3 is 6.18 Å². The normalized spacial score (nSPS) is 11.6. The van der Waals surface area contributed by atoms with Crippen LogP contribution in [-0.2, 0) is 19.1 Å². The average molecular weight is 332 g/mol. The summed E-state index contributed by atoms with van der Waals surface area (Å²) in [5.74, 6) is 0.687. The van der Waals surface area contributed by atoms with Gasteiger partial charge < -0.3 is 9.67 Å². The van der Waals surface area contributed by atoms with E-state index < -0.39 is 11.7 Å². The fourth-order valence-electron chi connectivity index (χ4n) is 2.62. The Hall–Kier alpha value is -2.76. The monoisotopic (exact) mass is 332 g/mol. The zero-order chi connectivity index (χ0) is 17.2. The molecule has 6 heteroatoms. The Morgan fingerprint density at radius 1 is 1.04 bits per heavy atom. The molecule has 0 unspecified atom stereocenters. The summed E-state index contributed by atoms with van der Waals surface area (Å²) < 4.78 is 41.1. The molecule has 0 atom stereocenters. The van der Waals surface area contributed by atoms with Gasteiger partial charge in [-0.25, -0.2) is 4.98 Å². The summed E-state index contributed by atoms with van der Waals surface area (Å²) in [6, 6.07) is 12.3. The topological polar surface area (TPSA) is 38.0 Å². The van der Waals surface area contributed by atoms with E-state index in [9.17, 15) is 18.3 Å². The van der Waals surface area contributed by atoms with Crippen molar-refractivity contribution in [2.75, 3.05) is 0 Å². The molecule has 3 aromatic rings. The molecule has 1 N–H and O–H groups in total. The maximum absolute atomic E-state index is 13.1. The van der Waals surface area contributed by atoms with Crippen molar-refractivity contribution in [1.82, 2.24) is 9.55 Å². The number of phenolic OH excluding ortho intramolecular Hbond substituents is 1. The fourth-order valence-corrected chi connectivity index (χ4v) is 2.62. The molecule has 0 aliphatic heterocycles. The highest BCUT2D eigenvalue weighted by atomic mass is 19.4. The molecule has 3 rings (SSSR count). The minimum Gasteiger partial charge on any atom is -0.508 e. The highest BCUT2D eigenvalue weighted by Gasteiger charge is 2.33. The fraction of sp³-hybridized carbons (Fsp3) is 0.167. The van der Waals surface area contributed by atoms with Gasteiger partial charge in [0.1, 0.15) is 11.6 Å². The van der Waals surface area contributed by atoms with E-state index in [1.807, 2.05) is 6.07 Å². The molecule has 0 saturated heterocycles. The highest BCUT2D eigenvalue weighted by Crippen LogP contribution is 2.32. The first kappa shape index (κ1) is 16.1. The van der Waals surface area contributed by atoms with Gasteiger partial charge in [-0.05, 0) is 29.3 Å². The van der Waals surface area contributed by atoms with Gasteiger partial charge in [-0.15, -0.1) is 0 Å².